The summed E-state index contributed by atoms with van der Waals surface area (Å²) in [4.78, 5) is 24.0. The molecule has 0 bridgehead atoms. The second kappa shape index (κ2) is 5.05. The van der Waals surface area contributed by atoms with Gasteiger partial charge < -0.3 is 10.6 Å². The standard InChI is InChI=1S/C8H11Cl3N2O2/c1-4(14)5(7(15)13(2)3)6(12)8(9,10)11/h12H2,1-3H3/b6-5+. The summed E-state index contributed by atoms with van der Waals surface area (Å²) in [6.07, 6.45) is 0. The van der Waals surface area contributed by atoms with Crippen molar-refractivity contribution < 1.29 is 9.59 Å². The Kier molecular flexibility index (Phi) is 4.90. The van der Waals surface area contributed by atoms with Gasteiger partial charge in [-0.3, -0.25) is 9.59 Å². The maximum atomic E-state index is 11.6. The second-order valence-electron chi connectivity index (χ2n) is 3.04. The summed E-state index contributed by atoms with van der Waals surface area (Å²) in [6.45, 7) is 1.18. The van der Waals surface area contributed by atoms with Crippen molar-refractivity contribution >= 4 is 46.5 Å². The minimum atomic E-state index is -1.97. The molecule has 1 amide bonds. The van der Waals surface area contributed by atoms with Crippen molar-refractivity contribution in [3.8, 4) is 0 Å². The topological polar surface area (TPSA) is 63.4 Å². The molecule has 4 nitrogen and oxygen atoms in total. The lowest BCUT2D eigenvalue weighted by atomic mass is 10.1. The van der Waals surface area contributed by atoms with Crippen molar-refractivity contribution in [2.75, 3.05) is 14.1 Å². The number of carbonyl (C=O) groups is 2. The van der Waals surface area contributed by atoms with Gasteiger partial charge in [0.1, 0.15) is 5.57 Å². The molecule has 0 spiro atoms. The van der Waals surface area contributed by atoms with Gasteiger partial charge in [0, 0.05) is 14.1 Å². The number of likely N-dealkylation sites (N-methyl/N-ethyl adjacent to an activating group) is 1. The fourth-order valence-electron chi connectivity index (χ4n) is 0.821. The Morgan fingerprint density at radius 2 is 1.60 bits per heavy atom. The van der Waals surface area contributed by atoms with Crippen molar-refractivity contribution in [3.63, 3.8) is 0 Å². The highest BCUT2D eigenvalue weighted by Gasteiger charge is 2.32. The minimum absolute atomic E-state index is 0.306. The van der Waals surface area contributed by atoms with Crippen molar-refractivity contribution in [1.29, 1.82) is 0 Å². The zero-order valence-corrected chi connectivity index (χ0v) is 10.7. The highest BCUT2D eigenvalue weighted by molar-refractivity contribution is 6.69. The zero-order valence-electron chi connectivity index (χ0n) is 8.47. The van der Waals surface area contributed by atoms with Gasteiger partial charge in [0.2, 0.25) is 3.79 Å². The molecule has 0 heterocycles. The van der Waals surface area contributed by atoms with E-state index in [2.05, 4.69) is 0 Å². The molecule has 0 atom stereocenters. The molecule has 0 aliphatic carbocycles. The fourth-order valence-corrected chi connectivity index (χ4v) is 1.10. The largest absolute Gasteiger partial charge is 0.398 e. The molecule has 0 aromatic carbocycles. The molecule has 0 aliphatic rings. The van der Waals surface area contributed by atoms with Crippen LogP contribution in [0.5, 0.6) is 0 Å². The lowest BCUT2D eigenvalue weighted by molar-refractivity contribution is -0.127. The van der Waals surface area contributed by atoms with Crippen LogP contribution in [-0.2, 0) is 9.59 Å². The number of nitrogens with zero attached hydrogens (tertiary/aromatic N) is 1. The molecule has 0 aromatic rings. The van der Waals surface area contributed by atoms with Gasteiger partial charge in [-0.25, -0.2) is 0 Å². The molecular formula is C8H11Cl3N2O2. The first kappa shape index (κ1) is 14.6. The number of hydrogen-bond donors (Lipinski definition) is 1. The Labute approximate surface area is 103 Å². The number of halogens is 3. The van der Waals surface area contributed by atoms with Gasteiger partial charge in [-0.2, -0.15) is 0 Å². The van der Waals surface area contributed by atoms with Crippen LogP contribution >= 0.6 is 34.8 Å². The Morgan fingerprint density at radius 1 is 1.20 bits per heavy atom. The molecular weight excluding hydrogens is 262 g/mol. The minimum Gasteiger partial charge on any atom is -0.398 e. The number of nitrogens with two attached hydrogens (primary N) is 1. The maximum Gasteiger partial charge on any atom is 0.258 e. The smallest absolute Gasteiger partial charge is 0.258 e. The monoisotopic (exact) mass is 272 g/mol. The molecule has 0 rings (SSSR count). The summed E-state index contributed by atoms with van der Waals surface area (Å²) >= 11 is 16.5. The number of carbonyl (C=O) groups excluding carboxylic acids is 2. The van der Waals surface area contributed by atoms with Gasteiger partial charge in [-0.05, 0) is 6.92 Å². The van der Waals surface area contributed by atoms with E-state index in [1.807, 2.05) is 0 Å². The van der Waals surface area contributed by atoms with Crippen molar-refractivity contribution in [2.24, 2.45) is 5.73 Å². The molecule has 0 saturated carbocycles. The summed E-state index contributed by atoms with van der Waals surface area (Å²) < 4.78 is -1.97. The van der Waals surface area contributed by atoms with Gasteiger partial charge in [-0.15, -0.1) is 0 Å². The van der Waals surface area contributed by atoms with Crippen LogP contribution in [0, 0.1) is 0 Å². The molecule has 0 saturated heterocycles. The Balaban J connectivity index is 5.52. The molecule has 0 unspecified atom stereocenters. The highest BCUT2D eigenvalue weighted by Crippen LogP contribution is 2.33. The Hall–Kier alpha value is -0.450. The summed E-state index contributed by atoms with van der Waals surface area (Å²) in [6, 6.07) is 0. The number of Topliss-reactive ketones (excluding diaryl/α,β-unsaturated/α-hetero) is 1. The van der Waals surface area contributed by atoms with E-state index >= 15 is 0 Å². The summed E-state index contributed by atoms with van der Waals surface area (Å²) in [5, 5.41) is 0. The molecule has 15 heavy (non-hydrogen) atoms. The first-order chi connectivity index (χ1) is 6.59. The molecule has 0 radical (unpaired) electrons. The molecule has 0 aromatic heterocycles. The van der Waals surface area contributed by atoms with Gasteiger partial charge in [0.25, 0.3) is 5.91 Å². The second-order valence-corrected chi connectivity index (χ2v) is 5.32. The van der Waals surface area contributed by atoms with E-state index in [-0.39, 0.29) is 11.3 Å². The maximum absolute atomic E-state index is 11.6. The first-order valence-corrected chi connectivity index (χ1v) is 5.02. The first-order valence-electron chi connectivity index (χ1n) is 3.88. The van der Waals surface area contributed by atoms with E-state index in [0.29, 0.717) is 0 Å². The van der Waals surface area contributed by atoms with E-state index in [1.165, 1.54) is 25.9 Å². The zero-order chi connectivity index (χ0) is 12.4. The average Bonchev–Trinajstić information content (AvgIpc) is 2.01. The number of amides is 1. The predicted molar refractivity (Wildman–Crippen MR) is 60.9 cm³/mol. The third kappa shape index (κ3) is 3.89. The van der Waals surface area contributed by atoms with E-state index in [9.17, 15) is 9.59 Å². The number of allylic oxidation sites excluding steroid dienone is 1. The third-order valence-corrected chi connectivity index (χ3v) is 2.16. The summed E-state index contributed by atoms with van der Waals surface area (Å²) in [5.74, 6) is -1.14. The third-order valence-electron chi connectivity index (χ3n) is 1.55. The van der Waals surface area contributed by atoms with Gasteiger partial charge in [-0.1, -0.05) is 34.8 Å². The van der Waals surface area contributed by atoms with Crippen LogP contribution in [-0.4, -0.2) is 34.5 Å². The van der Waals surface area contributed by atoms with E-state index in [4.69, 9.17) is 40.5 Å². The predicted octanol–water partition coefficient (Wildman–Crippen LogP) is 1.25. The summed E-state index contributed by atoms with van der Waals surface area (Å²) in [5.41, 5.74) is 4.78. The van der Waals surface area contributed by atoms with Crippen LogP contribution in [0.15, 0.2) is 11.3 Å². The van der Waals surface area contributed by atoms with E-state index in [1.54, 1.807) is 0 Å². The van der Waals surface area contributed by atoms with Crippen LogP contribution < -0.4 is 5.73 Å². The lowest BCUT2D eigenvalue weighted by Gasteiger charge is -2.18. The van der Waals surface area contributed by atoms with Crippen molar-refractivity contribution in [2.45, 2.75) is 10.7 Å². The van der Waals surface area contributed by atoms with E-state index in [0.717, 1.165) is 0 Å². The molecule has 0 fully saturated rings. The number of ketones is 1. The quantitative estimate of drug-likeness (QED) is 0.356. The number of hydrogen-bond acceptors (Lipinski definition) is 3. The van der Waals surface area contributed by atoms with E-state index < -0.39 is 15.5 Å². The van der Waals surface area contributed by atoms with Gasteiger partial charge >= 0.3 is 0 Å². The molecule has 0 aliphatic heterocycles. The number of alkyl halides is 3. The van der Waals surface area contributed by atoms with Gasteiger partial charge in [0.05, 0.1) is 5.70 Å². The fraction of sp³-hybridized carbons (Fsp3) is 0.500. The van der Waals surface area contributed by atoms with Crippen molar-refractivity contribution in [3.05, 3.63) is 11.3 Å². The normalized spacial score (nSPS) is 13.2. The van der Waals surface area contributed by atoms with Crippen LogP contribution in [0.25, 0.3) is 0 Å². The Morgan fingerprint density at radius 3 is 1.80 bits per heavy atom. The summed E-state index contributed by atoms with van der Waals surface area (Å²) in [7, 11) is 2.94. The molecule has 7 heteroatoms. The SMILES string of the molecule is CC(=O)/C(C(=O)N(C)C)=C(\N)C(Cl)(Cl)Cl. The average molecular weight is 274 g/mol. The molecule has 86 valence electrons. The van der Waals surface area contributed by atoms with Crippen molar-refractivity contribution in [1.82, 2.24) is 4.90 Å². The molecule has 2 N–H and O–H groups in total. The van der Waals surface area contributed by atoms with Crippen LogP contribution in [0.2, 0.25) is 0 Å². The lowest BCUT2D eigenvalue weighted by Crippen LogP contribution is -2.32. The Bertz CT molecular complexity index is 318. The van der Waals surface area contributed by atoms with Crippen LogP contribution in [0.3, 0.4) is 0 Å². The van der Waals surface area contributed by atoms with Crippen LogP contribution in [0.4, 0.5) is 0 Å². The van der Waals surface area contributed by atoms with Gasteiger partial charge in [0.15, 0.2) is 5.78 Å². The highest BCUT2D eigenvalue weighted by atomic mass is 35.6. The van der Waals surface area contributed by atoms with Crippen LogP contribution in [0.1, 0.15) is 6.92 Å². The number of rotatable bonds is 2.